The predicted octanol–water partition coefficient (Wildman–Crippen LogP) is 3.04. The number of benzene rings is 1. The smallest absolute Gasteiger partial charge is 0.198 e. The minimum atomic E-state index is -0.699. The molecule has 0 bridgehead atoms. The average molecular weight is 260 g/mol. The first-order chi connectivity index (χ1) is 9.31. The van der Waals surface area contributed by atoms with Gasteiger partial charge in [0.15, 0.2) is 11.6 Å². The van der Waals surface area contributed by atoms with E-state index in [-0.39, 0.29) is 19.0 Å². The van der Waals surface area contributed by atoms with E-state index in [9.17, 15) is 4.79 Å². The van der Waals surface area contributed by atoms with Crippen LogP contribution in [0.3, 0.4) is 0 Å². The maximum atomic E-state index is 11.4. The van der Waals surface area contributed by atoms with Crippen LogP contribution in [-0.2, 0) is 20.1 Å². The van der Waals surface area contributed by atoms with Gasteiger partial charge in [-0.15, -0.1) is 0 Å². The lowest BCUT2D eigenvalue weighted by Crippen LogP contribution is -2.48. The molecule has 102 valence electrons. The van der Waals surface area contributed by atoms with Crippen LogP contribution >= 0.6 is 0 Å². The molecular weight excluding hydrogens is 240 g/mol. The molecule has 3 rings (SSSR count). The molecule has 1 heterocycles. The zero-order chi connectivity index (χ0) is 13.1. The monoisotopic (exact) mass is 260 g/mol. The van der Waals surface area contributed by atoms with Gasteiger partial charge in [-0.2, -0.15) is 0 Å². The molecule has 0 N–H and O–H groups in total. The van der Waals surface area contributed by atoms with E-state index in [4.69, 9.17) is 9.47 Å². The van der Waals surface area contributed by atoms with Gasteiger partial charge in [0.05, 0.1) is 0 Å². The van der Waals surface area contributed by atoms with Crippen molar-refractivity contribution in [1.82, 2.24) is 0 Å². The van der Waals surface area contributed by atoms with Crippen LogP contribution in [0.2, 0.25) is 0 Å². The van der Waals surface area contributed by atoms with Crippen LogP contribution in [0.25, 0.3) is 0 Å². The number of carbonyl (C=O) groups is 1. The van der Waals surface area contributed by atoms with Crippen molar-refractivity contribution < 1.29 is 14.3 Å². The van der Waals surface area contributed by atoms with E-state index in [0.717, 1.165) is 18.4 Å². The molecule has 0 amide bonds. The third-order valence-corrected chi connectivity index (χ3v) is 4.21. The molecule has 1 saturated carbocycles. The molecule has 0 atom stereocenters. The molecule has 1 aromatic rings. The number of ketones is 1. The summed E-state index contributed by atoms with van der Waals surface area (Å²) >= 11 is 0. The standard InChI is InChI=1S/C16H20O3/c17-15-11-18-16(19-12-15,13-7-3-1-4-8-13)14-9-5-2-6-10-14/h1,3-4,7-8,14H,2,5-6,9-12H2. The highest BCUT2D eigenvalue weighted by molar-refractivity contribution is 5.81. The van der Waals surface area contributed by atoms with Gasteiger partial charge in [-0.05, 0) is 12.8 Å². The Morgan fingerprint density at radius 3 is 2.21 bits per heavy atom. The van der Waals surface area contributed by atoms with E-state index >= 15 is 0 Å². The summed E-state index contributed by atoms with van der Waals surface area (Å²) in [5.41, 5.74) is 1.05. The van der Waals surface area contributed by atoms with Gasteiger partial charge in [0.2, 0.25) is 0 Å². The molecule has 1 aliphatic carbocycles. The number of hydrogen-bond acceptors (Lipinski definition) is 3. The van der Waals surface area contributed by atoms with Crippen molar-refractivity contribution in [2.45, 2.75) is 37.9 Å². The second kappa shape index (κ2) is 5.43. The summed E-state index contributed by atoms with van der Waals surface area (Å²) in [5.74, 6) is -0.311. The lowest BCUT2D eigenvalue weighted by Gasteiger charge is -2.44. The van der Waals surface area contributed by atoms with Gasteiger partial charge in [-0.3, -0.25) is 4.79 Å². The molecule has 2 fully saturated rings. The van der Waals surface area contributed by atoms with Crippen molar-refractivity contribution >= 4 is 5.78 Å². The molecule has 1 aliphatic heterocycles. The van der Waals surface area contributed by atoms with Gasteiger partial charge >= 0.3 is 0 Å². The number of rotatable bonds is 2. The van der Waals surface area contributed by atoms with Crippen LogP contribution < -0.4 is 0 Å². The summed E-state index contributed by atoms with van der Waals surface area (Å²) in [4.78, 5) is 11.4. The minimum Gasteiger partial charge on any atom is -0.338 e. The van der Waals surface area contributed by atoms with Crippen molar-refractivity contribution in [1.29, 1.82) is 0 Å². The van der Waals surface area contributed by atoms with E-state index in [1.807, 2.05) is 30.3 Å². The molecule has 19 heavy (non-hydrogen) atoms. The van der Waals surface area contributed by atoms with Crippen molar-refractivity contribution in [2.75, 3.05) is 13.2 Å². The Kier molecular flexibility index (Phi) is 3.67. The van der Waals surface area contributed by atoms with Crippen LogP contribution in [0.1, 0.15) is 37.7 Å². The number of ether oxygens (including phenoxy) is 2. The second-order valence-corrected chi connectivity index (χ2v) is 5.48. The van der Waals surface area contributed by atoms with Crippen LogP contribution in [0, 0.1) is 5.92 Å². The minimum absolute atomic E-state index is 0.0300. The molecule has 3 nitrogen and oxygen atoms in total. The molecular formula is C16H20O3. The van der Waals surface area contributed by atoms with Crippen LogP contribution in [-0.4, -0.2) is 19.0 Å². The Hall–Kier alpha value is -1.19. The molecule has 0 aromatic heterocycles. The third kappa shape index (κ3) is 2.45. The topological polar surface area (TPSA) is 35.5 Å². The summed E-state index contributed by atoms with van der Waals surface area (Å²) in [5, 5.41) is 0. The predicted molar refractivity (Wildman–Crippen MR) is 71.6 cm³/mol. The normalized spacial score (nSPS) is 24.3. The average Bonchev–Trinajstić information content (AvgIpc) is 2.50. The van der Waals surface area contributed by atoms with Gasteiger partial charge in [0.1, 0.15) is 13.2 Å². The van der Waals surface area contributed by atoms with E-state index in [0.29, 0.717) is 5.92 Å². The third-order valence-electron chi connectivity index (χ3n) is 4.21. The van der Waals surface area contributed by atoms with E-state index < -0.39 is 5.79 Å². The summed E-state index contributed by atoms with van der Waals surface area (Å²) in [6.45, 7) is 0.344. The molecule has 0 spiro atoms. The summed E-state index contributed by atoms with van der Waals surface area (Å²) in [6.07, 6.45) is 5.96. The first kappa shape index (κ1) is 12.8. The SMILES string of the molecule is O=C1COC(c2ccccc2)(C2CCCCC2)OC1. The summed E-state index contributed by atoms with van der Waals surface area (Å²) < 4.78 is 11.9. The van der Waals surface area contributed by atoms with Gasteiger partial charge < -0.3 is 9.47 Å². The van der Waals surface area contributed by atoms with Crippen molar-refractivity contribution in [2.24, 2.45) is 5.92 Å². The number of Topliss-reactive ketones (excluding diaryl/α,β-unsaturated/α-hetero) is 1. The maximum absolute atomic E-state index is 11.4. The Balaban J connectivity index is 1.93. The zero-order valence-corrected chi connectivity index (χ0v) is 11.1. The number of carbonyl (C=O) groups excluding carboxylic acids is 1. The quantitative estimate of drug-likeness (QED) is 0.820. The van der Waals surface area contributed by atoms with Gasteiger partial charge in [-0.1, -0.05) is 49.6 Å². The van der Waals surface area contributed by atoms with E-state index in [1.54, 1.807) is 0 Å². The van der Waals surface area contributed by atoms with Crippen LogP contribution in [0.15, 0.2) is 30.3 Å². The van der Waals surface area contributed by atoms with Crippen molar-refractivity contribution in [3.05, 3.63) is 35.9 Å². The van der Waals surface area contributed by atoms with Crippen LogP contribution in [0.5, 0.6) is 0 Å². The Morgan fingerprint density at radius 1 is 0.947 bits per heavy atom. The molecule has 1 aromatic carbocycles. The largest absolute Gasteiger partial charge is 0.338 e. The zero-order valence-electron chi connectivity index (χ0n) is 11.1. The first-order valence-electron chi connectivity index (χ1n) is 7.16. The lowest BCUT2D eigenvalue weighted by atomic mass is 9.79. The van der Waals surface area contributed by atoms with Gasteiger partial charge in [-0.25, -0.2) is 0 Å². The molecule has 3 heteroatoms. The first-order valence-corrected chi connectivity index (χ1v) is 7.16. The highest BCUT2D eigenvalue weighted by Gasteiger charge is 2.46. The van der Waals surface area contributed by atoms with Crippen molar-refractivity contribution in [3.8, 4) is 0 Å². The fraction of sp³-hybridized carbons (Fsp3) is 0.562. The number of hydrogen-bond donors (Lipinski definition) is 0. The van der Waals surface area contributed by atoms with E-state index in [1.165, 1.54) is 19.3 Å². The summed E-state index contributed by atoms with van der Waals surface area (Å²) in [6, 6.07) is 10.1. The van der Waals surface area contributed by atoms with Crippen LogP contribution in [0.4, 0.5) is 0 Å². The Labute approximate surface area is 113 Å². The Bertz CT molecular complexity index is 425. The fourth-order valence-electron chi connectivity index (χ4n) is 3.25. The Morgan fingerprint density at radius 2 is 1.58 bits per heavy atom. The molecule has 2 aliphatic rings. The maximum Gasteiger partial charge on any atom is 0.198 e. The van der Waals surface area contributed by atoms with Gasteiger partial charge in [0, 0.05) is 11.5 Å². The molecule has 1 saturated heterocycles. The highest BCUT2D eigenvalue weighted by Crippen LogP contribution is 2.44. The van der Waals surface area contributed by atoms with Crippen molar-refractivity contribution in [3.63, 3.8) is 0 Å². The lowest BCUT2D eigenvalue weighted by molar-refractivity contribution is -0.294. The summed E-state index contributed by atoms with van der Waals surface area (Å²) in [7, 11) is 0. The fourth-order valence-corrected chi connectivity index (χ4v) is 3.25. The van der Waals surface area contributed by atoms with Gasteiger partial charge in [0.25, 0.3) is 0 Å². The second-order valence-electron chi connectivity index (χ2n) is 5.48. The molecule has 0 radical (unpaired) electrons. The molecule has 0 unspecified atom stereocenters. The highest BCUT2D eigenvalue weighted by atomic mass is 16.7. The van der Waals surface area contributed by atoms with E-state index in [2.05, 4.69) is 0 Å².